The summed E-state index contributed by atoms with van der Waals surface area (Å²) in [5.41, 5.74) is 2.77. The van der Waals surface area contributed by atoms with Crippen LogP contribution in [0.2, 0.25) is 0 Å². The number of hydrazone groups is 1. The van der Waals surface area contributed by atoms with Crippen LogP contribution in [0.4, 0.5) is 0 Å². The van der Waals surface area contributed by atoms with Gasteiger partial charge in [-0.3, -0.25) is 0 Å². The van der Waals surface area contributed by atoms with Gasteiger partial charge in [0.1, 0.15) is 0 Å². The van der Waals surface area contributed by atoms with Crippen molar-refractivity contribution >= 4 is 6.21 Å². The van der Waals surface area contributed by atoms with E-state index < -0.39 is 0 Å². The van der Waals surface area contributed by atoms with Gasteiger partial charge in [-0.15, -0.1) is 0 Å². The molecule has 56 valence electrons. The minimum absolute atomic E-state index is 0.245. The molecule has 0 spiro atoms. The zero-order valence-corrected chi connectivity index (χ0v) is 6.20. The van der Waals surface area contributed by atoms with Crippen molar-refractivity contribution in [2.75, 3.05) is 0 Å². The van der Waals surface area contributed by atoms with Crippen LogP contribution in [0.25, 0.3) is 0 Å². The molecule has 0 aromatic heterocycles. The Morgan fingerprint density at radius 3 is 3.00 bits per heavy atom. The third-order valence-corrected chi connectivity index (χ3v) is 1.19. The second-order valence-corrected chi connectivity index (χ2v) is 1.71. The van der Waals surface area contributed by atoms with Crippen LogP contribution in [0.1, 0.15) is 13.8 Å². The van der Waals surface area contributed by atoms with Crippen molar-refractivity contribution < 1.29 is 0 Å². The van der Waals surface area contributed by atoms with Crippen molar-refractivity contribution in [1.82, 2.24) is 15.9 Å². The highest BCUT2D eigenvalue weighted by molar-refractivity contribution is 5.66. The minimum atomic E-state index is 0.245. The van der Waals surface area contributed by atoms with Crippen molar-refractivity contribution in [1.29, 1.82) is 0 Å². The molecule has 2 heterocycles. The molecule has 0 radical (unpaired) electrons. The number of hydrazine groups is 1. The topological polar surface area (TPSA) is 39.7 Å². The molecular weight excluding hydrogens is 128 g/mol. The molecule has 0 amide bonds. The summed E-state index contributed by atoms with van der Waals surface area (Å²) in [4.78, 5) is 0. The van der Waals surface area contributed by atoms with E-state index in [0.29, 0.717) is 0 Å². The molecule has 0 bridgehead atoms. The summed E-state index contributed by atoms with van der Waals surface area (Å²) < 4.78 is 0. The zero-order valence-electron chi connectivity index (χ0n) is 6.20. The third-order valence-electron chi connectivity index (χ3n) is 1.19. The van der Waals surface area contributed by atoms with Gasteiger partial charge in [0, 0.05) is 12.4 Å². The molecule has 0 aromatic carbocycles. The first-order valence-corrected chi connectivity index (χ1v) is 3.47. The van der Waals surface area contributed by atoms with E-state index in [4.69, 9.17) is 0 Å². The predicted octanol–water partition coefficient (Wildman–Crippen LogP) is 0.219. The lowest BCUT2D eigenvalue weighted by atomic mass is 10.6. The van der Waals surface area contributed by atoms with Gasteiger partial charge < -0.3 is 5.32 Å². The second-order valence-electron chi connectivity index (χ2n) is 1.71. The summed E-state index contributed by atoms with van der Waals surface area (Å²) >= 11 is 0. The highest BCUT2D eigenvalue weighted by atomic mass is 15.7. The number of nitrogens with zero attached hydrogens (tertiary/aromatic N) is 2. The Hall–Kier alpha value is -1.19. The van der Waals surface area contributed by atoms with Crippen LogP contribution < -0.4 is 10.9 Å². The van der Waals surface area contributed by atoms with Gasteiger partial charge in [-0.25, -0.2) is 10.5 Å². The molecule has 0 saturated heterocycles. The molecule has 1 atom stereocenters. The lowest BCUT2D eigenvalue weighted by molar-refractivity contribution is 0.283. The monoisotopic (exact) mass is 140 g/mol. The number of nitrogens with one attached hydrogen (secondary N) is 2. The van der Waals surface area contributed by atoms with Crippen molar-refractivity contribution in [3.05, 3.63) is 12.4 Å². The molecule has 4 nitrogen and oxygen atoms in total. The smallest absolute Gasteiger partial charge is 0.157 e. The highest BCUT2D eigenvalue weighted by Gasteiger charge is 2.19. The molecule has 10 heavy (non-hydrogen) atoms. The van der Waals surface area contributed by atoms with Crippen LogP contribution in [0.15, 0.2) is 17.5 Å². The first kappa shape index (κ1) is 6.92. The van der Waals surface area contributed by atoms with Crippen LogP contribution in [-0.4, -0.2) is 17.4 Å². The molecule has 0 aromatic rings. The SMILES string of the molecule is C1=CN2NN=CC2N1.CC. The fraction of sp³-hybridized carbons (Fsp3) is 0.500. The van der Waals surface area contributed by atoms with E-state index in [0.717, 1.165) is 0 Å². The van der Waals surface area contributed by atoms with E-state index in [1.165, 1.54) is 0 Å². The predicted molar refractivity (Wildman–Crippen MR) is 40.9 cm³/mol. The number of hydrogen-bond acceptors (Lipinski definition) is 4. The molecule has 2 N–H and O–H groups in total. The van der Waals surface area contributed by atoms with E-state index in [-0.39, 0.29) is 6.17 Å². The van der Waals surface area contributed by atoms with E-state index >= 15 is 0 Å². The third kappa shape index (κ3) is 1.05. The Labute approximate surface area is 60.6 Å². The largest absolute Gasteiger partial charge is 0.364 e. The summed E-state index contributed by atoms with van der Waals surface area (Å²) in [5.74, 6) is 0. The van der Waals surface area contributed by atoms with Crippen molar-refractivity contribution in [2.45, 2.75) is 20.0 Å². The molecule has 0 aliphatic carbocycles. The van der Waals surface area contributed by atoms with Gasteiger partial charge in [0.2, 0.25) is 0 Å². The summed E-state index contributed by atoms with van der Waals surface area (Å²) in [6, 6.07) is 0. The van der Waals surface area contributed by atoms with E-state index in [9.17, 15) is 0 Å². The first-order valence-electron chi connectivity index (χ1n) is 3.47. The number of hydrogen-bond donors (Lipinski definition) is 2. The molecule has 0 fully saturated rings. The second kappa shape index (κ2) is 3.10. The highest BCUT2D eigenvalue weighted by Crippen LogP contribution is 2.01. The average molecular weight is 140 g/mol. The van der Waals surface area contributed by atoms with Gasteiger partial charge in [0.15, 0.2) is 6.17 Å². The molecule has 1 unspecified atom stereocenters. The molecule has 2 rings (SSSR count). The zero-order chi connectivity index (χ0) is 7.40. The van der Waals surface area contributed by atoms with Gasteiger partial charge in [0.05, 0.1) is 6.21 Å². The van der Waals surface area contributed by atoms with Gasteiger partial charge in [-0.05, 0) is 0 Å². The molecule has 2 aliphatic rings. The quantitative estimate of drug-likeness (QED) is 0.505. The van der Waals surface area contributed by atoms with E-state index in [1.54, 1.807) is 6.21 Å². The molecule has 2 aliphatic heterocycles. The van der Waals surface area contributed by atoms with Crippen LogP contribution in [0.3, 0.4) is 0 Å². The van der Waals surface area contributed by atoms with E-state index in [2.05, 4.69) is 16.0 Å². The summed E-state index contributed by atoms with van der Waals surface area (Å²) in [6.45, 7) is 4.00. The lowest BCUT2D eigenvalue weighted by Crippen LogP contribution is -2.36. The van der Waals surface area contributed by atoms with Gasteiger partial charge >= 0.3 is 0 Å². The van der Waals surface area contributed by atoms with Crippen LogP contribution in [-0.2, 0) is 0 Å². The normalized spacial score (nSPS) is 24.6. The number of fused-ring (bicyclic) bond motifs is 1. The number of rotatable bonds is 0. The van der Waals surface area contributed by atoms with Crippen LogP contribution >= 0.6 is 0 Å². The summed E-state index contributed by atoms with van der Waals surface area (Å²) in [7, 11) is 0. The Morgan fingerprint density at radius 2 is 2.30 bits per heavy atom. The molecule has 0 saturated carbocycles. The maximum atomic E-state index is 3.81. The van der Waals surface area contributed by atoms with Crippen molar-refractivity contribution in [3.8, 4) is 0 Å². The Bertz CT molecular complexity index is 134. The lowest BCUT2D eigenvalue weighted by Gasteiger charge is -2.12. The molecule has 4 heteroatoms. The fourth-order valence-electron chi connectivity index (χ4n) is 0.776. The van der Waals surface area contributed by atoms with Crippen molar-refractivity contribution in [2.24, 2.45) is 5.10 Å². The average Bonchev–Trinajstić information content (AvgIpc) is 2.49. The first-order chi connectivity index (χ1) is 4.97. The van der Waals surface area contributed by atoms with Crippen LogP contribution in [0, 0.1) is 0 Å². The maximum Gasteiger partial charge on any atom is 0.157 e. The van der Waals surface area contributed by atoms with Gasteiger partial charge in [0.25, 0.3) is 0 Å². The van der Waals surface area contributed by atoms with Gasteiger partial charge in [-0.1, -0.05) is 13.8 Å². The Morgan fingerprint density at radius 1 is 1.50 bits per heavy atom. The molecular formula is C6H12N4. The standard InChI is InChI=1S/C4H6N4.C2H6/c1-2-8-4(5-1)3-6-7-8;1-2/h1-5,7H;1-2H3. The summed E-state index contributed by atoms with van der Waals surface area (Å²) in [5, 5.41) is 8.73. The van der Waals surface area contributed by atoms with Crippen molar-refractivity contribution in [3.63, 3.8) is 0 Å². The van der Waals surface area contributed by atoms with Gasteiger partial charge in [-0.2, -0.15) is 5.10 Å². The fourth-order valence-corrected chi connectivity index (χ4v) is 0.776. The van der Waals surface area contributed by atoms with Crippen LogP contribution in [0.5, 0.6) is 0 Å². The van der Waals surface area contributed by atoms with E-state index in [1.807, 2.05) is 31.3 Å². The Balaban J connectivity index is 0.000000231. The maximum absolute atomic E-state index is 3.81. The summed E-state index contributed by atoms with van der Waals surface area (Å²) in [6.07, 6.45) is 5.83. The Kier molecular flexibility index (Phi) is 2.15. The minimum Gasteiger partial charge on any atom is -0.364 e.